The van der Waals surface area contributed by atoms with Gasteiger partial charge in [-0.1, -0.05) is 30.3 Å². The molecule has 0 spiro atoms. The fourth-order valence-electron chi connectivity index (χ4n) is 3.71. The minimum Gasteiger partial charge on any atom is -0.342 e. The van der Waals surface area contributed by atoms with Gasteiger partial charge in [-0.25, -0.2) is 4.98 Å². The maximum Gasteiger partial charge on any atom is 0.226 e. The summed E-state index contributed by atoms with van der Waals surface area (Å²) in [5, 5.41) is 3.32. The molecular weight excluding hydrogens is 304 g/mol. The first-order chi connectivity index (χ1) is 11.2. The standard InChI is InChI=1S/C19H22N2OS/c1-13-12-23-18(20-13)15-8-5-9-21(11-15)19(22)17-10-16(17)14-6-3-2-4-7-14/h2-4,6-7,12,15-17H,5,8-11H2,1H3/t15-,16+,17+/m1/s1. The van der Waals surface area contributed by atoms with Crippen LogP contribution in [0.15, 0.2) is 35.7 Å². The van der Waals surface area contributed by atoms with Gasteiger partial charge in [0.05, 0.1) is 5.01 Å². The van der Waals surface area contributed by atoms with Crippen LogP contribution < -0.4 is 0 Å². The van der Waals surface area contributed by atoms with Crippen LogP contribution in [0.2, 0.25) is 0 Å². The second kappa shape index (κ2) is 6.08. The van der Waals surface area contributed by atoms with Crippen LogP contribution in [0.25, 0.3) is 0 Å². The zero-order valence-corrected chi connectivity index (χ0v) is 14.3. The number of likely N-dealkylation sites (tertiary alicyclic amines) is 1. The molecule has 1 saturated carbocycles. The summed E-state index contributed by atoms with van der Waals surface area (Å²) in [6.07, 6.45) is 3.27. The van der Waals surface area contributed by atoms with Crippen molar-refractivity contribution in [3.8, 4) is 0 Å². The van der Waals surface area contributed by atoms with E-state index >= 15 is 0 Å². The number of amides is 1. The monoisotopic (exact) mass is 326 g/mol. The van der Waals surface area contributed by atoms with Crippen molar-refractivity contribution >= 4 is 17.2 Å². The lowest BCUT2D eigenvalue weighted by atomic mass is 9.98. The average molecular weight is 326 g/mol. The Balaban J connectivity index is 1.41. The van der Waals surface area contributed by atoms with Gasteiger partial charge in [-0.15, -0.1) is 11.3 Å². The topological polar surface area (TPSA) is 33.2 Å². The molecule has 1 aliphatic heterocycles. The molecule has 2 fully saturated rings. The zero-order valence-electron chi connectivity index (χ0n) is 13.4. The van der Waals surface area contributed by atoms with Crippen molar-refractivity contribution in [1.82, 2.24) is 9.88 Å². The Labute approximate surface area is 141 Å². The second-order valence-corrected chi connectivity index (χ2v) is 7.70. The number of carbonyl (C=O) groups excluding carboxylic acids is 1. The smallest absolute Gasteiger partial charge is 0.226 e. The van der Waals surface area contributed by atoms with Gasteiger partial charge in [-0.05, 0) is 37.7 Å². The highest BCUT2D eigenvalue weighted by Crippen LogP contribution is 2.48. The predicted octanol–water partition coefficient (Wildman–Crippen LogP) is 3.96. The van der Waals surface area contributed by atoms with E-state index in [4.69, 9.17) is 0 Å². The van der Waals surface area contributed by atoms with Gasteiger partial charge in [-0.2, -0.15) is 0 Å². The molecule has 0 radical (unpaired) electrons. The number of aromatic nitrogens is 1. The molecular formula is C19H22N2OS. The maximum atomic E-state index is 12.8. The Kier molecular flexibility index (Phi) is 3.93. The molecule has 23 heavy (non-hydrogen) atoms. The molecule has 2 heterocycles. The lowest BCUT2D eigenvalue weighted by Crippen LogP contribution is -2.40. The highest BCUT2D eigenvalue weighted by atomic mass is 32.1. The van der Waals surface area contributed by atoms with E-state index in [-0.39, 0.29) is 5.92 Å². The lowest BCUT2D eigenvalue weighted by molar-refractivity contribution is -0.133. The highest BCUT2D eigenvalue weighted by Gasteiger charge is 2.46. The Hall–Kier alpha value is -1.68. The average Bonchev–Trinajstić information content (AvgIpc) is 3.29. The predicted molar refractivity (Wildman–Crippen MR) is 92.7 cm³/mol. The summed E-state index contributed by atoms with van der Waals surface area (Å²) < 4.78 is 0. The van der Waals surface area contributed by atoms with Crippen molar-refractivity contribution in [2.75, 3.05) is 13.1 Å². The number of benzene rings is 1. The minimum absolute atomic E-state index is 0.203. The zero-order chi connectivity index (χ0) is 15.8. The van der Waals surface area contributed by atoms with E-state index in [1.807, 2.05) is 13.0 Å². The van der Waals surface area contributed by atoms with Gasteiger partial charge in [0, 0.05) is 36.0 Å². The van der Waals surface area contributed by atoms with Gasteiger partial charge >= 0.3 is 0 Å². The number of hydrogen-bond acceptors (Lipinski definition) is 3. The molecule has 1 aliphatic carbocycles. The van der Waals surface area contributed by atoms with Crippen molar-refractivity contribution in [3.63, 3.8) is 0 Å². The Bertz CT molecular complexity index is 696. The van der Waals surface area contributed by atoms with Gasteiger partial charge in [0.15, 0.2) is 0 Å². The molecule has 3 atom stereocenters. The van der Waals surface area contributed by atoms with Crippen molar-refractivity contribution in [3.05, 3.63) is 52.0 Å². The summed E-state index contributed by atoms with van der Waals surface area (Å²) in [5.41, 5.74) is 2.41. The number of carbonyl (C=O) groups is 1. The Morgan fingerprint density at radius 2 is 2.13 bits per heavy atom. The number of rotatable bonds is 3. The molecule has 4 rings (SSSR count). The Morgan fingerprint density at radius 1 is 1.30 bits per heavy atom. The van der Waals surface area contributed by atoms with Crippen LogP contribution in [-0.2, 0) is 4.79 Å². The number of aryl methyl sites for hydroxylation is 1. The van der Waals surface area contributed by atoms with Gasteiger partial charge in [0.1, 0.15) is 0 Å². The molecule has 1 aromatic carbocycles. The molecule has 1 saturated heterocycles. The molecule has 0 unspecified atom stereocenters. The fourth-order valence-corrected chi connectivity index (χ4v) is 4.64. The van der Waals surface area contributed by atoms with Crippen LogP contribution in [0.1, 0.15) is 47.4 Å². The molecule has 4 heteroatoms. The van der Waals surface area contributed by atoms with Gasteiger partial charge in [0.25, 0.3) is 0 Å². The van der Waals surface area contributed by atoms with Crippen molar-refractivity contribution in [2.45, 2.75) is 38.0 Å². The largest absolute Gasteiger partial charge is 0.342 e. The van der Waals surface area contributed by atoms with Crippen LogP contribution in [0.5, 0.6) is 0 Å². The molecule has 0 bridgehead atoms. The quantitative estimate of drug-likeness (QED) is 0.855. The lowest BCUT2D eigenvalue weighted by Gasteiger charge is -2.32. The first kappa shape index (κ1) is 14.9. The minimum atomic E-state index is 0.203. The summed E-state index contributed by atoms with van der Waals surface area (Å²) in [6.45, 7) is 3.81. The van der Waals surface area contributed by atoms with Crippen LogP contribution in [0, 0.1) is 12.8 Å². The van der Waals surface area contributed by atoms with E-state index in [1.54, 1.807) is 11.3 Å². The number of piperidine rings is 1. The van der Waals surface area contributed by atoms with Gasteiger partial charge in [0.2, 0.25) is 5.91 Å². The first-order valence-electron chi connectivity index (χ1n) is 8.48. The third kappa shape index (κ3) is 3.05. The van der Waals surface area contributed by atoms with Crippen molar-refractivity contribution in [1.29, 1.82) is 0 Å². The van der Waals surface area contributed by atoms with Crippen LogP contribution >= 0.6 is 11.3 Å². The normalized spacial score (nSPS) is 27.0. The van der Waals surface area contributed by atoms with E-state index in [2.05, 4.69) is 39.5 Å². The molecule has 1 amide bonds. The van der Waals surface area contributed by atoms with E-state index in [0.717, 1.165) is 38.0 Å². The summed E-state index contributed by atoms with van der Waals surface area (Å²) in [4.78, 5) is 19.6. The van der Waals surface area contributed by atoms with Crippen molar-refractivity contribution < 1.29 is 4.79 Å². The number of hydrogen-bond donors (Lipinski definition) is 0. The molecule has 3 nitrogen and oxygen atoms in total. The van der Waals surface area contributed by atoms with E-state index in [9.17, 15) is 4.79 Å². The highest BCUT2D eigenvalue weighted by molar-refractivity contribution is 7.09. The first-order valence-corrected chi connectivity index (χ1v) is 9.36. The van der Waals surface area contributed by atoms with Gasteiger partial charge in [-0.3, -0.25) is 4.79 Å². The van der Waals surface area contributed by atoms with Crippen LogP contribution in [0.4, 0.5) is 0 Å². The number of nitrogens with zero attached hydrogens (tertiary/aromatic N) is 2. The summed E-state index contributed by atoms with van der Waals surface area (Å²) in [7, 11) is 0. The molecule has 2 aliphatic rings. The van der Waals surface area contributed by atoms with Crippen LogP contribution in [-0.4, -0.2) is 28.9 Å². The fraction of sp³-hybridized carbons (Fsp3) is 0.474. The summed E-state index contributed by atoms with van der Waals surface area (Å²) in [5.74, 6) is 1.43. The molecule has 0 N–H and O–H groups in total. The summed E-state index contributed by atoms with van der Waals surface area (Å²) in [6, 6.07) is 10.5. The second-order valence-electron chi connectivity index (χ2n) is 6.81. The third-order valence-electron chi connectivity index (χ3n) is 5.05. The van der Waals surface area contributed by atoms with E-state index in [0.29, 0.717) is 17.7 Å². The van der Waals surface area contributed by atoms with Crippen molar-refractivity contribution in [2.24, 2.45) is 5.92 Å². The SMILES string of the molecule is Cc1csc([C@@H]2CCCN(C(=O)[C@H]3C[C@H]3c3ccccc3)C2)n1. The maximum absolute atomic E-state index is 12.8. The molecule has 120 valence electrons. The third-order valence-corrected chi connectivity index (χ3v) is 6.18. The van der Waals surface area contributed by atoms with E-state index in [1.165, 1.54) is 10.6 Å². The molecule has 1 aromatic heterocycles. The van der Waals surface area contributed by atoms with Gasteiger partial charge < -0.3 is 4.90 Å². The number of thiazole rings is 1. The van der Waals surface area contributed by atoms with Crippen LogP contribution in [0.3, 0.4) is 0 Å². The summed E-state index contributed by atoms with van der Waals surface area (Å²) >= 11 is 1.74. The molecule has 2 aromatic rings. The Morgan fingerprint density at radius 3 is 2.87 bits per heavy atom. The van der Waals surface area contributed by atoms with E-state index < -0.39 is 0 Å².